The van der Waals surface area contributed by atoms with Gasteiger partial charge in [-0.2, -0.15) is 5.10 Å². The summed E-state index contributed by atoms with van der Waals surface area (Å²) in [7, 11) is 1.63. The average molecular weight is 345 g/mol. The van der Waals surface area contributed by atoms with Crippen LogP contribution in [0, 0.1) is 0 Å². The van der Waals surface area contributed by atoms with Crippen molar-refractivity contribution in [1.29, 1.82) is 0 Å². The van der Waals surface area contributed by atoms with Gasteiger partial charge >= 0.3 is 0 Å². The third-order valence-corrected chi connectivity index (χ3v) is 3.50. The highest BCUT2D eigenvalue weighted by Gasteiger charge is 2.11. The van der Waals surface area contributed by atoms with Crippen molar-refractivity contribution >= 4 is 21.6 Å². The summed E-state index contributed by atoms with van der Waals surface area (Å²) >= 11 is 3.36. The first-order valence-corrected chi connectivity index (χ1v) is 7.08. The molecule has 0 spiro atoms. The van der Waals surface area contributed by atoms with E-state index >= 15 is 0 Å². The van der Waals surface area contributed by atoms with Crippen LogP contribution in [0.1, 0.15) is 0 Å². The van der Waals surface area contributed by atoms with Crippen LogP contribution in [0.5, 0.6) is 5.75 Å². The summed E-state index contributed by atoms with van der Waals surface area (Å²) in [5.74, 6) is 1.47. The number of hydrogen-bond acceptors (Lipinski definition) is 4. The third kappa shape index (κ3) is 2.75. The Balaban J connectivity index is 2.03. The number of halogens is 1. The Bertz CT molecular complexity index is 768. The van der Waals surface area contributed by atoms with Gasteiger partial charge in [0, 0.05) is 16.2 Å². The molecule has 6 heteroatoms. The van der Waals surface area contributed by atoms with E-state index in [2.05, 4.69) is 26.0 Å². The smallest absolute Gasteiger partial charge is 0.153 e. The molecule has 0 aliphatic carbocycles. The molecule has 21 heavy (non-hydrogen) atoms. The molecule has 0 saturated carbocycles. The fourth-order valence-corrected chi connectivity index (χ4v) is 2.24. The lowest BCUT2D eigenvalue weighted by Gasteiger charge is -2.03. The predicted octanol–water partition coefficient (Wildman–Crippen LogP) is 3.29. The number of aromatic nitrogens is 3. The highest BCUT2D eigenvalue weighted by molar-refractivity contribution is 9.10. The van der Waals surface area contributed by atoms with Crippen molar-refractivity contribution in [3.8, 4) is 22.8 Å². The number of nitrogens with two attached hydrogens (primary N) is 1. The van der Waals surface area contributed by atoms with E-state index in [9.17, 15) is 0 Å². The maximum absolute atomic E-state index is 6.07. The summed E-state index contributed by atoms with van der Waals surface area (Å²) in [5, 5.41) is 4.51. The molecule has 0 aliphatic heterocycles. The van der Waals surface area contributed by atoms with Gasteiger partial charge in [0.2, 0.25) is 0 Å². The lowest BCUT2D eigenvalue weighted by atomic mass is 10.1. The number of hydrogen-bond donors (Lipinski definition) is 1. The molecule has 0 radical (unpaired) electrons. The first kappa shape index (κ1) is 13.6. The molecular formula is C15H13BrN4O. The quantitative estimate of drug-likeness (QED) is 0.791. The van der Waals surface area contributed by atoms with E-state index in [4.69, 9.17) is 10.5 Å². The molecule has 0 saturated heterocycles. The van der Waals surface area contributed by atoms with E-state index in [1.165, 1.54) is 0 Å². The molecule has 2 N–H and O–H groups in total. The van der Waals surface area contributed by atoms with Crippen molar-refractivity contribution in [2.24, 2.45) is 0 Å². The van der Waals surface area contributed by atoms with Gasteiger partial charge in [0.25, 0.3) is 0 Å². The van der Waals surface area contributed by atoms with E-state index in [1.807, 2.05) is 36.4 Å². The molecule has 2 aromatic heterocycles. The van der Waals surface area contributed by atoms with Crippen LogP contribution in [0.25, 0.3) is 17.1 Å². The van der Waals surface area contributed by atoms with Gasteiger partial charge in [0.1, 0.15) is 11.4 Å². The van der Waals surface area contributed by atoms with Crippen molar-refractivity contribution in [3.63, 3.8) is 0 Å². The normalized spacial score (nSPS) is 10.6. The van der Waals surface area contributed by atoms with Crippen molar-refractivity contribution in [2.45, 2.75) is 0 Å². The van der Waals surface area contributed by atoms with Crippen molar-refractivity contribution in [2.75, 3.05) is 12.8 Å². The van der Waals surface area contributed by atoms with E-state index in [0.29, 0.717) is 17.2 Å². The van der Waals surface area contributed by atoms with Gasteiger partial charge in [0.05, 0.1) is 19.0 Å². The summed E-state index contributed by atoms with van der Waals surface area (Å²) in [6.45, 7) is 0. The number of benzene rings is 1. The number of rotatable bonds is 3. The van der Waals surface area contributed by atoms with Gasteiger partial charge in [-0.1, -0.05) is 12.1 Å². The first-order valence-electron chi connectivity index (χ1n) is 6.29. The number of nitrogen functional groups attached to an aromatic ring is 1. The van der Waals surface area contributed by atoms with Crippen molar-refractivity contribution in [1.82, 2.24) is 14.8 Å². The van der Waals surface area contributed by atoms with Crippen LogP contribution >= 0.6 is 15.9 Å². The monoisotopic (exact) mass is 344 g/mol. The molecule has 106 valence electrons. The zero-order valence-electron chi connectivity index (χ0n) is 11.3. The van der Waals surface area contributed by atoms with Crippen LogP contribution in [0.3, 0.4) is 0 Å². The zero-order chi connectivity index (χ0) is 14.8. The van der Waals surface area contributed by atoms with Gasteiger partial charge < -0.3 is 10.5 Å². The number of anilines is 1. The molecule has 1 aromatic carbocycles. The zero-order valence-corrected chi connectivity index (χ0v) is 12.9. The third-order valence-electron chi connectivity index (χ3n) is 3.03. The lowest BCUT2D eigenvalue weighted by Crippen LogP contribution is -1.97. The summed E-state index contributed by atoms with van der Waals surface area (Å²) in [6.07, 6.45) is 3.48. The number of methoxy groups -OCH3 is 1. The summed E-state index contributed by atoms with van der Waals surface area (Å²) in [5.41, 5.74) is 8.27. The second kappa shape index (κ2) is 5.57. The van der Waals surface area contributed by atoms with E-state index in [-0.39, 0.29) is 0 Å². The fourth-order valence-electron chi connectivity index (χ4n) is 2.00. The van der Waals surface area contributed by atoms with Crippen LogP contribution in [0.2, 0.25) is 0 Å². The Morgan fingerprint density at radius 1 is 1.24 bits per heavy atom. The minimum absolute atomic E-state index is 0.591. The summed E-state index contributed by atoms with van der Waals surface area (Å²) in [6, 6.07) is 11.4. The molecule has 0 fully saturated rings. The Kier molecular flexibility index (Phi) is 3.62. The Morgan fingerprint density at radius 2 is 2.10 bits per heavy atom. The maximum Gasteiger partial charge on any atom is 0.153 e. The van der Waals surface area contributed by atoms with Gasteiger partial charge in [-0.3, -0.25) is 0 Å². The fraction of sp³-hybridized carbons (Fsp3) is 0.0667. The van der Waals surface area contributed by atoms with Crippen LogP contribution < -0.4 is 10.5 Å². The van der Waals surface area contributed by atoms with Crippen LogP contribution in [-0.4, -0.2) is 21.9 Å². The average Bonchev–Trinajstić information content (AvgIpc) is 2.90. The predicted molar refractivity (Wildman–Crippen MR) is 85.5 cm³/mol. The van der Waals surface area contributed by atoms with Crippen molar-refractivity contribution < 1.29 is 4.74 Å². The largest absolute Gasteiger partial charge is 0.497 e. The number of pyridine rings is 1. The van der Waals surface area contributed by atoms with E-state index < -0.39 is 0 Å². The van der Waals surface area contributed by atoms with E-state index in [1.54, 1.807) is 24.2 Å². The highest BCUT2D eigenvalue weighted by Crippen LogP contribution is 2.28. The maximum atomic E-state index is 6.07. The molecule has 0 bridgehead atoms. The molecule has 0 aliphatic rings. The minimum atomic E-state index is 0.591. The van der Waals surface area contributed by atoms with Gasteiger partial charge in [0.15, 0.2) is 5.82 Å². The molecule has 3 aromatic rings. The van der Waals surface area contributed by atoms with Gasteiger partial charge in [-0.25, -0.2) is 9.67 Å². The summed E-state index contributed by atoms with van der Waals surface area (Å²) < 4.78 is 7.81. The second-order valence-electron chi connectivity index (χ2n) is 4.44. The number of nitrogens with zero attached hydrogens (tertiary/aromatic N) is 3. The molecule has 5 nitrogen and oxygen atoms in total. The Hall–Kier alpha value is -2.34. The summed E-state index contributed by atoms with van der Waals surface area (Å²) in [4.78, 5) is 4.30. The first-order chi connectivity index (χ1) is 10.2. The Labute approximate surface area is 130 Å². The van der Waals surface area contributed by atoms with Crippen LogP contribution in [0.15, 0.2) is 53.3 Å². The molecule has 3 rings (SSSR count). The van der Waals surface area contributed by atoms with E-state index in [0.717, 1.165) is 15.8 Å². The standard InChI is InChI=1S/C15H13BrN4O/c1-21-12-4-2-3-10(7-12)15-13(17)9-20(19-15)14-6-5-11(16)8-18-14/h2-9H,17H2,1H3. The van der Waals surface area contributed by atoms with Gasteiger partial charge in [-0.05, 0) is 40.2 Å². The van der Waals surface area contributed by atoms with Crippen molar-refractivity contribution in [3.05, 3.63) is 53.3 Å². The number of ether oxygens (including phenoxy) is 1. The topological polar surface area (TPSA) is 66.0 Å². The molecule has 0 amide bonds. The van der Waals surface area contributed by atoms with Crippen LogP contribution in [0.4, 0.5) is 5.69 Å². The minimum Gasteiger partial charge on any atom is -0.497 e. The SMILES string of the molecule is COc1cccc(-c2nn(-c3ccc(Br)cn3)cc2N)c1. The molecule has 2 heterocycles. The van der Waals surface area contributed by atoms with Gasteiger partial charge in [-0.15, -0.1) is 0 Å². The highest BCUT2D eigenvalue weighted by atomic mass is 79.9. The molecule has 0 atom stereocenters. The lowest BCUT2D eigenvalue weighted by molar-refractivity contribution is 0.415. The second-order valence-corrected chi connectivity index (χ2v) is 5.36. The molecule has 0 unspecified atom stereocenters. The van der Waals surface area contributed by atoms with Crippen LogP contribution in [-0.2, 0) is 0 Å². The molecular weight excluding hydrogens is 332 g/mol. The Morgan fingerprint density at radius 3 is 2.81 bits per heavy atom.